The number of nitrogens with zero attached hydrogens (tertiary/aromatic N) is 1. The normalized spacial score (nSPS) is 14.0. The molecular weight excluding hydrogens is 377 g/mol. The third-order valence-electron chi connectivity index (χ3n) is 3.61. The van der Waals surface area contributed by atoms with Gasteiger partial charge in [0.1, 0.15) is 5.75 Å². The van der Waals surface area contributed by atoms with Gasteiger partial charge in [0.05, 0.1) is 6.54 Å². The van der Waals surface area contributed by atoms with Gasteiger partial charge in [-0.25, -0.2) is 4.99 Å². The summed E-state index contributed by atoms with van der Waals surface area (Å²) in [6, 6.07) is 3.80. The molecule has 0 aliphatic heterocycles. The summed E-state index contributed by atoms with van der Waals surface area (Å²) in [6.07, 6.45) is 4.52. The van der Waals surface area contributed by atoms with Gasteiger partial charge in [-0.05, 0) is 49.8 Å². The summed E-state index contributed by atoms with van der Waals surface area (Å²) >= 11 is 0. The van der Waals surface area contributed by atoms with E-state index in [1.807, 2.05) is 13.0 Å². The van der Waals surface area contributed by atoms with Crippen molar-refractivity contribution < 1.29 is 5.11 Å². The molecule has 0 spiro atoms. The predicted molar refractivity (Wildman–Crippen MR) is 98.3 cm³/mol. The average Bonchev–Trinajstić information content (AvgIpc) is 2.44. The molecule has 5 heteroatoms. The monoisotopic (exact) mass is 401 g/mol. The number of hydrogen-bond donors (Lipinski definition) is 3. The van der Waals surface area contributed by atoms with Crippen LogP contribution in [0.1, 0.15) is 36.5 Å². The van der Waals surface area contributed by atoms with Crippen molar-refractivity contribution in [1.82, 2.24) is 5.32 Å². The molecule has 2 rings (SSSR count). The van der Waals surface area contributed by atoms with Crippen molar-refractivity contribution in [2.24, 2.45) is 10.7 Å². The second-order valence-electron chi connectivity index (χ2n) is 5.42. The van der Waals surface area contributed by atoms with Crippen molar-refractivity contribution in [2.45, 2.75) is 39.2 Å². The summed E-state index contributed by atoms with van der Waals surface area (Å²) in [4.78, 5) is 4.32. The fourth-order valence-electron chi connectivity index (χ4n) is 2.53. The fourth-order valence-corrected chi connectivity index (χ4v) is 2.53. The van der Waals surface area contributed by atoms with E-state index >= 15 is 0 Å². The molecule has 4 nitrogen and oxygen atoms in total. The van der Waals surface area contributed by atoms with Crippen molar-refractivity contribution in [3.8, 4) is 5.75 Å². The first-order chi connectivity index (χ1) is 9.58. The van der Waals surface area contributed by atoms with Crippen molar-refractivity contribution in [1.29, 1.82) is 0 Å². The molecule has 1 aromatic carbocycles. The van der Waals surface area contributed by atoms with Crippen LogP contribution in [0.15, 0.2) is 29.3 Å². The lowest BCUT2D eigenvalue weighted by Gasteiger charge is -2.19. The van der Waals surface area contributed by atoms with Crippen LogP contribution in [0, 0.1) is 0 Å². The Morgan fingerprint density at radius 1 is 1.38 bits per heavy atom. The molecule has 0 saturated heterocycles. The van der Waals surface area contributed by atoms with Gasteiger partial charge in [-0.1, -0.05) is 18.2 Å². The Balaban J connectivity index is 0.00000220. The van der Waals surface area contributed by atoms with Crippen LogP contribution < -0.4 is 11.1 Å². The Morgan fingerprint density at radius 3 is 2.81 bits per heavy atom. The number of guanidine groups is 1. The number of aryl methyl sites for hydroxylation is 1. The Morgan fingerprint density at radius 2 is 2.10 bits per heavy atom. The van der Waals surface area contributed by atoms with Crippen LogP contribution in [-0.4, -0.2) is 17.6 Å². The number of halogens is 1. The first-order valence-electron chi connectivity index (χ1n) is 7.08. The maximum atomic E-state index is 10.1. The van der Waals surface area contributed by atoms with Gasteiger partial charge in [-0.2, -0.15) is 0 Å². The molecule has 0 fully saturated rings. The van der Waals surface area contributed by atoms with Gasteiger partial charge in [0.25, 0.3) is 0 Å². The molecule has 0 unspecified atom stereocenters. The molecule has 116 valence electrons. The molecule has 0 heterocycles. The molecule has 0 amide bonds. The minimum atomic E-state index is 0. The molecule has 21 heavy (non-hydrogen) atoms. The van der Waals surface area contributed by atoms with Gasteiger partial charge in [0, 0.05) is 12.1 Å². The van der Waals surface area contributed by atoms with Crippen LogP contribution in [0.25, 0.3) is 0 Å². The number of fused-ring (bicyclic) bond motifs is 1. The number of phenols is 1. The van der Waals surface area contributed by atoms with E-state index in [0.29, 0.717) is 24.8 Å². The number of nitrogens with two attached hydrogens (primary N) is 1. The van der Waals surface area contributed by atoms with Gasteiger partial charge in [-0.15, -0.1) is 24.0 Å². The van der Waals surface area contributed by atoms with E-state index in [2.05, 4.69) is 16.9 Å². The Hall–Kier alpha value is -1.24. The zero-order valence-electron chi connectivity index (χ0n) is 12.5. The number of nitrogens with one attached hydrogen (secondary N) is 1. The number of phenolic OH excluding ortho intramolecular Hbond substituents is 1. The standard InChI is InChI=1S/C16H23N3O.HI/c1-11(2)9-18-16(17)19-10-14-13-6-4-3-5-12(13)7-8-15(14)20;/h7-8,20H,1,3-6,9-10H2,2H3,(H3,17,18,19);1H. The second kappa shape index (κ2) is 8.26. The van der Waals surface area contributed by atoms with E-state index in [9.17, 15) is 5.11 Å². The minimum Gasteiger partial charge on any atom is -0.508 e. The van der Waals surface area contributed by atoms with Crippen LogP contribution >= 0.6 is 24.0 Å². The molecule has 0 saturated carbocycles. The Kier molecular flexibility index (Phi) is 7.01. The largest absolute Gasteiger partial charge is 0.508 e. The third kappa shape index (κ3) is 4.91. The molecular formula is C16H24IN3O. The topological polar surface area (TPSA) is 70.6 Å². The maximum Gasteiger partial charge on any atom is 0.189 e. The van der Waals surface area contributed by atoms with Crippen molar-refractivity contribution in [2.75, 3.05) is 6.54 Å². The van der Waals surface area contributed by atoms with Crippen LogP contribution in [0.3, 0.4) is 0 Å². The van der Waals surface area contributed by atoms with Crippen LogP contribution in [0.5, 0.6) is 5.75 Å². The van der Waals surface area contributed by atoms with Gasteiger partial charge >= 0.3 is 0 Å². The molecule has 0 bridgehead atoms. The zero-order chi connectivity index (χ0) is 14.5. The van der Waals surface area contributed by atoms with E-state index in [4.69, 9.17) is 5.73 Å². The highest BCUT2D eigenvalue weighted by molar-refractivity contribution is 14.0. The summed E-state index contributed by atoms with van der Waals surface area (Å²) < 4.78 is 0. The molecule has 1 aliphatic rings. The molecule has 0 atom stereocenters. The summed E-state index contributed by atoms with van der Waals surface area (Å²) in [7, 11) is 0. The van der Waals surface area contributed by atoms with E-state index in [1.165, 1.54) is 24.0 Å². The van der Waals surface area contributed by atoms with E-state index in [0.717, 1.165) is 24.0 Å². The first kappa shape index (κ1) is 17.8. The zero-order valence-corrected chi connectivity index (χ0v) is 14.8. The van der Waals surface area contributed by atoms with Crippen molar-refractivity contribution in [3.05, 3.63) is 41.0 Å². The Labute approximate surface area is 143 Å². The lowest BCUT2D eigenvalue weighted by atomic mass is 9.88. The first-order valence-corrected chi connectivity index (χ1v) is 7.08. The lowest BCUT2D eigenvalue weighted by molar-refractivity contribution is 0.465. The summed E-state index contributed by atoms with van der Waals surface area (Å²) in [5.41, 5.74) is 10.3. The average molecular weight is 401 g/mol. The van der Waals surface area contributed by atoms with Crippen LogP contribution in [0.2, 0.25) is 0 Å². The van der Waals surface area contributed by atoms with Gasteiger partial charge < -0.3 is 16.2 Å². The second-order valence-corrected chi connectivity index (χ2v) is 5.42. The smallest absolute Gasteiger partial charge is 0.189 e. The molecule has 0 radical (unpaired) electrons. The Bertz CT molecular complexity index is 541. The fraction of sp³-hybridized carbons (Fsp3) is 0.438. The number of aromatic hydroxyl groups is 1. The van der Waals surface area contributed by atoms with Gasteiger partial charge in [-0.3, -0.25) is 0 Å². The van der Waals surface area contributed by atoms with Gasteiger partial charge in [0.15, 0.2) is 5.96 Å². The van der Waals surface area contributed by atoms with E-state index < -0.39 is 0 Å². The SMILES string of the molecule is C=C(C)CNC(N)=NCc1c(O)ccc2c1CCCC2.I. The van der Waals surface area contributed by atoms with E-state index in [-0.39, 0.29) is 24.0 Å². The van der Waals surface area contributed by atoms with Gasteiger partial charge in [0.2, 0.25) is 0 Å². The molecule has 1 aromatic rings. The lowest BCUT2D eigenvalue weighted by Crippen LogP contribution is -2.32. The highest BCUT2D eigenvalue weighted by atomic mass is 127. The molecule has 0 aromatic heterocycles. The summed E-state index contributed by atoms with van der Waals surface area (Å²) in [5.74, 6) is 0.711. The summed E-state index contributed by atoms with van der Waals surface area (Å²) in [5, 5.41) is 13.1. The number of rotatable bonds is 4. The third-order valence-corrected chi connectivity index (χ3v) is 3.61. The van der Waals surface area contributed by atoms with E-state index in [1.54, 1.807) is 6.07 Å². The number of aliphatic imine (C=N–C) groups is 1. The number of hydrogen-bond acceptors (Lipinski definition) is 2. The van der Waals surface area contributed by atoms with Crippen LogP contribution in [0.4, 0.5) is 0 Å². The van der Waals surface area contributed by atoms with Crippen molar-refractivity contribution in [3.63, 3.8) is 0 Å². The minimum absolute atomic E-state index is 0. The highest BCUT2D eigenvalue weighted by Gasteiger charge is 2.15. The molecule has 1 aliphatic carbocycles. The summed E-state index contributed by atoms with van der Waals surface area (Å²) in [6.45, 7) is 6.77. The van der Waals surface area contributed by atoms with Crippen molar-refractivity contribution >= 4 is 29.9 Å². The quantitative estimate of drug-likeness (QED) is 0.315. The maximum absolute atomic E-state index is 10.1. The molecule has 4 N–H and O–H groups in total. The predicted octanol–water partition coefficient (Wildman–Crippen LogP) is 2.87. The van der Waals surface area contributed by atoms with Crippen LogP contribution in [-0.2, 0) is 19.4 Å². The highest BCUT2D eigenvalue weighted by Crippen LogP contribution is 2.30. The number of benzene rings is 1.